The van der Waals surface area contributed by atoms with Crippen molar-refractivity contribution in [2.75, 3.05) is 13.7 Å². The summed E-state index contributed by atoms with van der Waals surface area (Å²) in [5.74, 6) is 0.356. The number of aryl methyl sites for hydroxylation is 1. The van der Waals surface area contributed by atoms with E-state index in [9.17, 15) is 8.78 Å². The minimum absolute atomic E-state index is 0.360. The van der Waals surface area contributed by atoms with E-state index in [1.807, 2.05) is 25.1 Å². The minimum atomic E-state index is -0.605. The standard InChI is InChI=1S/C23H21F2N3O/c1-14-9-16(5-7-20(14)29-2)23(11-22(26)28-13-23)17-4-6-19(24)18(10-17)15-3-8-21(25)27-12-15/h3-12,28H,13,26H2,1-2H3. The molecule has 1 unspecified atom stereocenters. The van der Waals surface area contributed by atoms with Crippen molar-refractivity contribution >= 4 is 0 Å². The molecule has 0 aliphatic carbocycles. The molecule has 4 nitrogen and oxygen atoms in total. The van der Waals surface area contributed by atoms with Crippen LogP contribution in [-0.2, 0) is 5.41 Å². The first-order chi connectivity index (χ1) is 13.9. The number of benzene rings is 2. The lowest BCUT2D eigenvalue weighted by Gasteiger charge is -2.29. The highest BCUT2D eigenvalue weighted by atomic mass is 19.1. The second-order valence-corrected chi connectivity index (χ2v) is 7.17. The van der Waals surface area contributed by atoms with Gasteiger partial charge in [0.25, 0.3) is 0 Å². The summed E-state index contributed by atoms with van der Waals surface area (Å²) in [5.41, 5.74) is 9.25. The van der Waals surface area contributed by atoms with Crippen molar-refractivity contribution in [3.8, 4) is 16.9 Å². The first kappa shape index (κ1) is 18.9. The molecule has 0 radical (unpaired) electrons. The maximum Gasteiger partial charge on any atom is 0.212 e. The Morgan fingerprint density at radius 1 is 1.07 bits per heavy atom. The van der Waals surface area contributed by atoms with Gasteiger partial charge in [-0.1, -0.05) is 18.2 Å². The molecule has 0 saturated carbocycles. The van der Waals surface area contributed by atoms with Gasteiger partial charge in [0.15, 0.2) is 0 Å². The normalized spacial score (nSPS) is 18.3. The summed E-state index contributed by atoms with van der Waals surface area (Å²) in [7, 11) is 1.63. The Bertz CT molecular complexity index is 1100. The van der Waals surface area contributed by atoms with Crippen molar-refractivity contribution in [2.24, 2.45) is 5.73 Å². The van der Waals surface area contributed by atoms with Gasteiger partial charge in [0.1, 0.15) is 11.6 Å². The number of pyridine rings is 1. The number of methoxy groups -OCH3 is 1. The van der Waals surface area contributed by atoms with Crippen LogP contribution in [0.5, 0.6) is 5.75 Å². The maximum absolute atomic E-state index is 14.6. The monoisotopic (exact) mass is 393 g/mol. The van der Waals surface area contributed by atoms with E-state index >= 15 is 0 Å². The lowest BCUT2D eigenvalue weighted by molar-refractivity contribution is 0.411. The number of hydrogen-bond donors (Lipinski definition) is 2. The molecular weight excluding hydrogens is 372 g/mol. The summed E-state index contributed by atoms with van der Waals surface area (Å²) in [5, 5.41) is 3.19. The van der Waals surface area contributed by atoms with E-state index in [1.54, 1.807) is 19.2 Å². The SMILES string of the molecule is COc1ccc(C2(c3ccc(F)c(-c4ccc(F)nc4)c3)C=C(N)NC2)cc1C. The van der Waals surface area contributed by atoms with Gasteiger partial charge in [-0.3, -0.25) is 0 Å². The number of halogens is 2. The number of nitrogens with zero attached hydrogens (tertiary/aromatic N) is 1. The van der Waals surface area contributed by atoms with Crippen LogP contribution in [-0.4, -0.2) is 18.6 Å². The largest absolute Gasteiger partial charge is 0.496 e. The van der Waals surface area contributed by atoms with Gasteiger partial charge in [-0.15, -0.1) is 0 Å². The Kier molecular flexibility index (Phi) is 4.70. The van der Waals surface area contributed by atoms with Gasteiger partial charge in [0.05, 0.1) is 18.3 Å². The maximum atomic E-state index is 14.6. The minimum Gasteiger partial charge on any atom is -0.496 e. The fourth-order valence-corrected chi connectivity index (χ4v) is 3.86. The van der Waals surface area contributed by atoms with Gasteiger partial charge in [-0.2, -0.15) is 4.39 Å². The Morgan fingerprint density at radius 3 is 2.45 bits per heavy atom. The van der Waals surface area contributed by atoms with Crippen LogP contribution in [0.25, 0.3) is 11.1 Å². The average molecular weight is 393 g/mol. The predicted octanol–water partition coefficient (Wildman–Crippen LogP) is 4.03. The number of nitrogens with one attached hydrogen (secondary N) is 1. The van der Waals surface area contributed by atoms with Gasteiger partial charge in [-0.25, -0.2) is 9.37 Å². The van der Waals surface area contributed by atoms with Gasteiger partial charge >= 0.3 is 0 Å². The molecule has 1 aromatic heterocycles. The summed E-state index contributed by atoms with van der Waals surface area (Å²) in [4.78, 5) is 3.65. The molecule has 0 amide bonds. The summed E-state index contributed by atoms with van der Waals surface area (Å²) in [6.45, 7) is 2.52. The van der Waals surface area contributed by atoms with Crippen LogP contribution >= 0.6 is 0 Å². The molecule has 4 rings (SSSR count). The third-order valence-corrected chi connectivity index (χ3v) is 5.40. The molecule has 3 N–H and O–H groups in total. The fourth-order valence-electron chi connectivity index (χ4n) is 3.86. The Hall–Kier alpha value is -3.41. The molecule has 0 saturated heterocycles. The molecule has 3 aromatic rings. The van der Waals surface area contributed by atoms with Crippen LogP contribution in [0.1, 0.15) is 16.7 Å². The lowest BCUT2D eigenvalue weighted by atomic mass is 9.74. The summed E-state index contributed by atoms with van der Waals surface area (Å²) in [6.07, 6.45) is 3.28. The zero-order valence-corrected chi connectivity index (χ0v) is 16.2. The molecular formula is C23H21F2N3O. The van der Waals surface area contributed by atoms with E-state index in [4.69, 9.17) is 10.5 Å². The van der Waals surface area contributed by atoms with Gasteiger partial charge in [-0.05, 0) is 60.0 Å². The summed E-state index contributed by atoms with van der Waals surface area (Å²) in [6, 6.07) is 13.7. The van der Waals surface area contributed by atoms with Crippen molar-refractivity contribution < 1.29 is 13.5 Å². The third kappa shape index (κ3) is 3.31. The van der Waals surface area contributed by atoms with Gasteiger partial charge < -0.3 is 15.8 Å². The molecule has 1 aliphatic rings. The number of ether oxygens (including phenoxy) is 1. The Labute approximate surface area is 168 Å². The highest BCUT2D eigenvalue weighted by Gasteiger charge is 2.37. The number of rotatable bonds is 4. The molecule has 1 atom stereocenters. The van der Waals surface area contributed by atoms with Gasteiger partial charge in [0.2, 0.25) is 5.95 Å². The summed E-state index contributed by atoms with van der Waals surface area (Å²) < 4.78 is 33.2. The number of hydrogen-bond acceptors (Lipinski definition) is 4. The average Bonchev–Trinajstić information content (AvgIpc) is 3.12. The predicted molar refractivity (Wildman–Crippen MR) is 108 cm³/mol. The Balaban J connectivity index is 1.88. The zero-order valence-electron chi connectivity index (χ0n) is 16.2. The molecule has 29 heavy (non-hydrogen) atoms. The first-order valence-electron chi connectivity index (χ1n) is 9.22. The fraction of sp³-hybridized carbons (Fsp3) is 0.174. The zero-order chi connectivity index (χ0) is 20.6. The first-order valence-corrected chi connectivity index (χ1v) is 9.22. The van der Waals surface area contributed by atoms with Crippen molar-refractivity contribution in [3.63, 3.8) is 0 Å². The van der Waals surface area contributed by atoms with Crippen LogP contribution in [0.3, 0.4) is 0 Å². The van der Waals surface area contributed by atoms with Crippen LogP contribution in [0, 0.1) is 18.7 Å². The van der Waals surface area contributed by atoms with Crippen molar-refractivity contribution in [3.05, 3.63) is 95.1 Å². The van der Waals surface area contributed by atoms with Crippen molar-refractivity contribution in [1.82, 2.24) is 10.3 Å². The van der Waals surface area contributed by atoms with E-state index < -0.39 is 17.2 Å². The van der Waals surface area contributed by atoms with Gasteiger partial charge in [0, 0.05) is 23.9 Å². The highest BCUT2D eigenvalue weighted by Crippen LogP contribution is 2.40. The van der Waals surface area contributed by atoms with E-state index in [1.165, 1.54) is 24.4 Å². The second-order valence-electron chi connectivity index (χ2n) is 7.17. The molecule has 2 aromatic carbocycles. The van der Waals surface area contributed by atoms with Crippen molar-refractivity contribution in [2.45, 2.75) is 12.3 Å². The molecule has 0 bridgehead atoms. The smallest absolute Gasteiger partial charge is 0.212 e. The lowest BCUT2D eigenvalue weighted by Crippen LogP contribution is -2.31. The molecule has 1 aliphatic heterocycles. The van der Waals surface area contributed by atoms with E-state index in [0.29, 0.717) is 23.5 Å². The topological polar surface area (TPSA) is 60.2 Å². The molecule has 148 valence electrons. The van der Waals surface area contributed by atoms with E-state index in [-0.39, 0.29) is 0 Å². The molecule has 2 heterocycles. The second kappa shape index (κ2) is 7.20. The van der Waals surface area contributed by atoms with E-state index in [2.05, 4.69) is 16.4 Å². The summed E-state index contributed by atoms with van der Waals surface area (Å²) >= 11 is 0. The Morgan fingerprint density at radius 2 is 1.83 bits per heavy atom. The number of nitrogens with two attached hydrogens (primary N) is 1. The molecule has 6 heteroatoms. The van der Waals surface area contributed by atoms with Crippen LogP contribution < -0.4 is 15.8 Å². The van der Waals surface area contributed by atoms with Crippen molar-refractivity contribution in [1.29, 1.82) is 0 Å². The molecule has 0 fully saturated rings. The number of aromatic nitrogens is 1. The van der Waals surface area contributed by atoms with Crippen LogP contribution in [0.15, 0.2) is 66.6 Å². The van der Waals surface area contributed by atoms with E-state index in [0.717, 1.165) is 22.4 Å². The molecule has 0 spiro atoms. The van der Waals surface area contributed by atoms with Crippen LogP contribution in [0.2, 0.25) is 0 Å². The van der Waals surface area contributed by atoms with Crippen LogP contribution in [0.4, 0.5) is 8.78 Å². The quantitative estimate of drug-likeness (QED) is 0.657. The third-order valence-electron chi connectivity index (χ3n) is 5.40. The highest BCUT2D eigenvalue weighted by molar-refractivity contribution is 5.66.